The standard InChI is InChI=1S/C16H18N2O6/c1-9(2)23-10-6-5-7-11(14(10)15(19)20)24-16-17-12(21-3)8-13(18-16)22-4/h5-9H,1-4H3,(H,19,20). The van der Waals surface area contributed by atoms with Crippen LogP contribution in [0.3, 0.4) is 0 Å². The highest BCUT2D eigenvalue weighted by atomic mass is 16.5. The summed E-state index contributed by atoms with van der Waals surface area (Å²) in [5.41, 5.74) is -0.114. The molecule has 0 saturated heterocycles. The minimum absolute atomic E-state index is 0.0518. The number of aromatic nitrogens is 2. The lowest BCUT2D eigenvalue weighted by Gasteiger charge is -2.15. The molecule has 0 fully saturated rings. The van der Waals surface area contributed by atoms with Crippen molar-refractivity contribution in [3.8, 4) is 29.3 Å². The van der Waals surface area contributed by atoms with E-state index < -0.39 is 5.97 Å². The molecule has 8 nitrogen and oxygen atoms in total. The van der Waals surface area contributed by atoms with Gasteiger partial charge in [-0.05, 0) is 26.0 Å². The summed E-state index contributed by atoms with van der Waals surface area (Å²) in [6, 6.07) is 6.05. The molecule has 8 heteroatoms. The first-order chi connectivity index (χ1) is 11.4. The molecule has 0 saturated carbocycles. The van der Waals surface area contributed by atoms with Crippen LogP contribution in [0.25, 0.3) is 0 Å². The molecule has 0 radical (unpaired) electrons. The van der Waals surface area contributed by atoms with E-state index in [1.807, 2.05) is 0 Å². The molecule has 1 heterocycles. The summed E-state index contributed by atoms with van der Waals surface area (Å²) in [5.74, 6) is -0.483. The average Bonchev–Trinajstić information content (AvgIpc) is 2.53. The summed E-state index contributed by atoms with van der Waals surface area (Å²) >= 11 is 0. The monoisotopic (exact) mass is 334 g/mol. The molecular weight excluding hydrogens is 316 g/mol. The minimum Gasteiger partial charge on any atom is -0.490 e. The first kappa shape index (κ1) is 17.3. The molecule has 1 N–H and O–H groups in total. The van der Waals surface area contributed by atoms with Crippen molar-refractivity contribution in [3.63, 3.8) is 0 Å². The number of carboxylic acids is 1. The van der Waals surface area contributed by atoms with Crippen molar-refractivity contribution in [1.82, 2.24) is 9.97 Å². The predicted octanol–water partition coefficient (Wildman–Crippen LogP) is 2.77. The number of ether oxygens (including phenoxy) is 4. The maximum absolute atomic E-state index is 11.6. The molecule has 0 atom stereocenters. The van der Waals surface area contributed by atoms with E-state index in [0.717, 1.165) is 0 Å². The van der Waals surface area contributed by atoms with E-state index >= 15 is 0 Å². The predicted molar refractivity (Wildman–Crippen MR) is 84.4 cm³/mol. The Kier molecular flexibility index (Phi) is 5.41. The third-order valence-corrected chi connectivity index (χ3v) is 2.84. The minimum atomic E-state index is -1.18. The third kappa shape index (κ3) is 4.03. The normalized spacial score (nSPS) is 10.4. The van der Waals surface area contributed by atoms with Crippen molar-refractivity contribution in [1.29, 1.82) is 0 Å². The molecule has 0 amide bonds. The maximum atomic E-state index is 11.6. The molecule has 24 heavy (non-hydrogen) atoms. The molecule has 0 aliphatic heterocycles. The van der Waals surface area contributed by atoms with Gasteiger partial charge in [-0.1, -0.05) is 6.07 Å². The molecule has 0 aliphatic carbocycles. The van der Waals surface area contributed by atoms with E-state index in [0.29, 0.717) is 0 Å². The Morgan fingerprint density at radius 1 is 1.08 bits per heavy atom. The summed E-state index contributed by atoms with van der Waals surface area (Å²) in [6.45, 7) is 3.60. The van der Waals surface area contributed by atoms with E-state index in [2.05, 4.69) is 9.97 Å². The van der Waals surface area contributed by atoms with Gasteiger partial charge >= 0.3 is 12.0 Å². The smallest absolute Gasteiger partial charge is 0.343 e. The zero-order valence-electron chi connectivity index (χ0n) is 13.8. The summed E-state index contributed by atoms with van der Waals surface area (Å²) in [4.78, 5) is 19.6. The maximum Gasteiger partial charge on any atom is 0.343 e. The lowest BCUT2D eigenvalue weighted by molar-refractivity contribution is 0.0687. The van der Waals surface area contributed by atoms with Gasteiger partial charge in [0.05, 0.1) is 26.4 Å². The van der Waals surface area contributed by atoms with Crippen LogP contribution in [0.5, 0.6) is 29.3 Å². The van der Waals surface area contributed by atoms with Crippen molar-refractivity contribution in [2.45, 2.75) is 20.0 Å². The zero-order valence-corrected chi connectivity index (χ0v) is 13.8. The van der Waals surface area contributed by atoms with E-state index in [9.17, 15) is 9.90 Å². The van der Waals surface area contributed by atoms with Gasteiger partial charge in [-0.2, -0.15) is 9.97 Å². The second kappa shape index (κ2) is 7.49. The first-order valence-electron chi connectivity index (χ1n) is 7.12. The largest absolute Gasteiger partial charge is 0.490 e. The van der Waals surface area contributed by atoms with Gasteiger partial charge in [0.25, 0.3) is 0 Å². The second-order valence-electron chi connectivity index (χ2n) is 4.94. The number of methoxy groups -OCH3 is 2. The number of carbonyl (C=O) groups is 1. The zero-order chi connectivity index (χ0) is 17.7. The topological polar surface area (TPSA) is 100 Å². The molecule has 0 aliphatic rings. The van der Waals surface area contributed by atoms with Crippen LogP contribution < -0.4 is 18.9 Å². The number of benzene rings is 1. The van der Waals surface area contributed by atoms with Crippen LogP contribution in [0.15, 0.2) is 24.3 Å². The number of rotatable bonds is 7. The lowest BCUT2D eigenvalue weighted by Crippen LogP contribution is -2.11. The Balaban J connectivity index is 2.44. The Morgan fingerprint density at radius 3 is 2.17 bits per heavy atom. The Labute approximate surface area is 139 Å². The number of hydrogen-bond donors (Lipinski definition) is 1. The quantitative estimate of drug-likeness (QED) is 0.825. The van der Waals surface area contributed by atoms with Gasteiger partial charge in [-0.25, -0.2) is 4.79 Å². The van der Waals surface area contributed by atoms with Crippen LogP contribution in [-0.4, -0.2) is 41.4 Å². The highest BCUT2D eigenvalue weighted by Crippen LogP contribution is 2.32. The molecule has 0 bridgehead atoms. The number of carboxylic acid groups (broad SMARTS) is 1. The molecule has 1 aromatic carbocycles. The Morgan fingerprint density at radius 2 is 1.67 bits per heavy atom. The van der Waals surface area contributed by atoms with Crippen LogP contribution in [0.1, 0.15) is 24.2 Å². The van der Waals surface area contributed by atoms with Crippen LogP contribution in [0.4, 0.5) is 0 Å². The van der Waals surface area contributed by atoms with Crippen LogP contribution in [0, 0.1) is 0 Å². The van der Waals surface area contributed by atoms with Gasteiger partial charge in [0.15, 0.2) is 0 Å². The van der Waals surface area contributed by atoms with Crippen molar-refractivity contribution in [2.75, 3.05) is 14.2 Å². The summed E-state index contributed by atoms with van der Waals surface area (Å²) < 4.78 is 21.1. The molecule has 0 spiro atoms. The molecule has 1 aromatic heterocycles. The van der Waals surface area contributed by atoms with Crippen molar-refractivity contribution in [3.05, 3.63) is 29.8 Å². The molecule has 2 aromatic rings. The van der Waals surface area contributed by atoms with Gasteiger partial charge in [0, 0.05) is 0 Å². The van der Waals surface area contributed by atoms with Crippen molar-refractivity contribution in [2.24, 2.45) is 0 Å². The van der Waals surface area contributed by atoms with E-state index in [1.54, 1.807) is 26.0 Å². The summed E-state index contributed by atoms with van der Waals surface area (Å²) in [7, 11) is 2.87. The third-order valence-electron chi connectivity index (χ3n) is 2.84. The SMILES string of the molecule is COc1cc(OC)nc(Oc2cccc(OC(C)C)c2C(=O)O)n1. The van der Waals surface area contributed by atoms with E-state index in [-0.39, 0.29) is 40.9 Å². The fraction of sp³-hybridized carbons (Fsp3) is 0.312. The molecule has 128 valence electrons. The highest BCUT2D eigenvalue weighted by molar-refractivity contribution is 5.94. The molecule has 2 rings (SSSR count). The molecular formula is C16H18N2O6. The summed E-state index contributed by atoms with van der Waals surface area (Å²) in [6.07, 6.45) is -0.188. The number of hydrogen-bond acceptors (Lipinski definition) is 7. The van der Waals surface area contributed by atoms with Crippen molar-refractivity contribution >= 4 is 5.97 Å². The Bertz CT molecular complexity index is 710. The van der Waals surface area contributed by atoms with Crippen LogP contribution in [0.2, 0.25) is 0 Å². The highest BCUT2D eigenvalue weighted by Gasteiger charge is 2.20. The van der Waals surface area contributed by atoms with Gasteiger partial charge in [-0.15, -0.1) is 0 Å². The average molecular weight is 334 g/mol. The van der Waals surface area contributed by atoms with Gasteiger partial charge < -0.3 is 24.1 Å². The van der Waals surface area contributed by atoms with Crippen LogP contribution in [-0.2, 0) is 0 Å². The van der Waals surface area contributed by atoms with Gasteiger partial charge in [0.1, 0.15) is 17.1 Å². The van der Waals surface area contributed by atoms with Gasteiger partial charge in [-0.3, -0.25) is 0 Å². The number of aromatic carboxylic acids is 1. The molecule has 0 unspecified atom stereocenters. The van der Waals surface area contributed by atoms with Crippen LogP contribution >= 0.6 is 0 Å². The van der Waals surface area contributed by atoms with E-state index in [4.69, 9.17) is 18.9 Å². The summed E-state index contributed by atoms with van der Waals surface area (Å²) in [5, 5.41) is 9.49. The van der Waals surface area contributed by atoms with E-state index in [1.165, 1.54) is 26.4 Å². The van der Waals surface area contributed by atoms with Crippen molar-refractivity contribution < 1.29 is 28.8 Å². The lowest BCUT2D eigenvalue weighted by atomic mass is 10.1. The second-order valence-corrected chi connectivity index (χ2v) is 4.94. The van der Waals surface area contributed by atoms with Gasteiger partial charge in [0.2, 0.25) is 11.8 Å². The fourth-order valence-corrected chi connectivity index (χ4v) is 1.90. The number of nitrogens with zero attached hydrogens (tertiary/aromatic N) is 2. The first-order valence-corrected chi connectivity index (χ1v) is 7.12. The fourth-order valence-electron chi connectivity index (χ4n) is 1.90. The Hall–Kier alpha value is -3.03.